The normalized spacial score (nSPS) is 16.3. The van der Waals surface area contributed by atoms with Gasteiger partial charge in [0.2, 0.25) is 10.0 Å². The van der Waals surface area contributed by atoms with Gasteiger partial charge in [0.1, 0.15) is 0 Å². The molecule has 0 radical (unpaired) electrons. The van der Waals surface area contributed by atoms with Crippen molar-refractivity contribution in [2.24, 2.45) is 16.2 Å². The highest BCUT2D eigenvalue weighted by Gasteiger charge is 2.50. The third-order valence-corrected chi connectivity index (χ3v) is 8.37. The van der Waals surface area contributed by atoms with Crippen LogP contribution in [0.3, 0.4) is 0 Å². The molecule has 0 saturated carbocycles. The highest BCUT2D eigenvalue weighted by Crippen LogP contribution is 2.49. The van der Waals surface area contributed by atoms with E-state index in [4.69, 9.17) is 4.74 Å². The zero-order chi connectivity index (χ0) is 23.5. The van der Waals surface area contributed by atoms with E-state index in [-0.39, 0.29) is 18.4 Å². The van der Waals surface area contributed by atoms with Crippen LogP contribution < -0.4 is 4.13 Å². The first kappa shape index (κ1) is 28.1. The number of hydrogen-bond acceptors (Lipinski definition) is 6. The molecular weight excluding hydrogens is 435 g/mol. The average molecular weight is 468 g/mol. The molecule has 0 fully saturated rings. The number of alkyl halides is 3. The molecule has 0 aromatic rings. The van der Waals surface area contributed by atoms with E-state index in [9.17, 15) is 34.8 Å². The minimum Gasteiger partial charge on any atom is -0.465 e. The fourth-order valence-electron chi connectivity index (χ4n) is 2.87. The minimum absolute atomic E-state index is 0.195. The number of hydrogen-bond donors (Lipinski definition) is 1. The lowest BCUT2D eigenvalue weighted by molar-refractivity contribution is -0.166. The van der Waals surface area contributed by atoms with Crippen LogP contribution in [-0.2, 0) is 29.6 Å². The van der Waals surface area contributed by atoms with Gasteiger partial charge in [0, 0.05) is 0 Å². The predicted molar refractivity (Wildman–Crippen MR) is 104 cm³/mol. The van der Waals surface area contributed by atoms with Crippen LogP contribution in [0.2, 0.25) is 0 Å². The molecule has 0 aliphatic rings. The Hall–Kier alpha value is -0.880. The van der Waals surface area contributed by atoms with Gasteiger partial charge in [0.15, 0.2) is 0 Å². The zero-order valence-corrected chi connectivity index (χ0v) is 19.6. The molecule has 174 valence electrons. The van der Waals surface area contributed by atoms with Crippen molar-refractivity contribution in [1.29, 1.82) is 0 Å². The van der Waals surface area contributed by atoms with Gasteiger partial charge < -0.3 is 4.74 Å². The highest BCUT2D eigenvalue weighted by atomic mass is 32.3. The summed E-state index contributed by atoms with van der Waals surface area (Å²) in [7, 11) is -10.8. The van der Waals surface area contributed by atoms with Gasteiger partial charge in [-0.25, -0.2) is 16.8 Å². The average Bonchev–Trinajstić information content (AvgIpc) is 2.47. The second kappa shape index (κ2) is 9.09. The molecule has 1 N–H and O–H groups in total. The molecule has 0 saturated heterocycles. The summed E-state index contributed by atoms with van der Waals surface area (Å²) in [6, 6.07) is 0. The molecule has 0 aromatic carbocycles. The van der Waals surface area contributed by atoms with E-state index in [1.165, 1.54) is 0 Å². The third kappa shape index (κ3) is 8.05. The summed E-state index contributed by atoms with van der Waals surface area (Å²) in [6.45, 7) is 13.1. The van der Waals surface area contributed by atoms with Crippen LogP contribution in [0, 0.1) is 16.2 Å². The molecule has 1 atom stereocenters. The van der Waals surface area contributed by atoms with Crippen LogP contribution in [0.5, 0.6) is 0 Å². The van der Waals surface area contributed by atoms with Gasteiger partial charge in [-0.15, -0.1) is 4.13 Å². The molecule has 7 nitrogen and oxygen atoms in total. The third-order valence-electron chi connectivity index (χ3n) is 5.04. The van der Waals surface area contributed by atoms with E-state index >= 15 is 0 Å². The van der Waals surface area contributed by atoms with Crippen LogP contribution in [0.1, 0.15) is 67.7 Å². The first-order chi connectivity index (χ1) is 12.6. The van der Waals surface area contributed by atoms with Crippen molar-refractivity contribution in [3.05, 3.63) is 0 Å². The van der Waals surface area contributed by atoms with Crippen LogP contribution in [0.15, 0.2) is 0 Å². The van der Waals surface area contributed by atoms with Gasteiger partial charge in [-0.3, -0.25) is 4.79 Å². The van der Waals surface area contributed by atoms with Crippen LogP contribution in [-0.4, -0.2) is 40.7 Å². The Bertz CT molecular complexity index is 783. The maximum atomic E-state index is 12.8. The molecule has 0 amide bonds. The van der Waals surface area contributed by atoms with Crippen molar-refractivity contribution in [2.75, 3.05) is 12.4 Å². The number of carbonyl (C=O) groups excluding carboxylic acids is 1. The van der Waals surface area contributed by atoms with E-state index in [1.54, 1.807) is 6.92 Å². The summed E-state index contributed by atoms with van der Waals surface area (Å²) in [4.78, 5) is 12.8. The Kier molecular flexibility index (Phi) is 8.81. The first-order valence-corrected chi connectivity index (χ1v) is 12.2. The number of carbonyl (C=O) groups is 1. The summed E-state index contributed by atoms with van der Waals surface area (Å²) in [6.07, 6.45) is 0.832. The Morgan fingerprint density at radius 2 is 1.45 bits per heavy atom. The minimum atomic E-state index is -6.02. The molecule has 0 rings (SSSR count). The fourth-order valence-corrected chi connectivity index (χ4v) is 5.41. The number of ether oxygens (including phenoxy) is 1. The Balaban J connectivity index is 5.08. The summed E-state index contributed by atoms with van der Waals surface area (Å²) >= 11 is 0. The molecule has 0 aromatic heterocycles. The number of esters is 1. The van der Waals surface area contributed by atoms with Crippen molar-refractivity contribution in [3.8, 4) is 0 Å². The highest BCUT2D eigenvalue weighted by molar-refractivity contribution is 8.05. The Morgan fingerprint density at radius 1 is 0.966 bits per heavy atom. The molecule has 0 bridgehead atoms. The molecule has 0 heterocycles. The monoisotopic (exact) mass is 467 g/mol. The number of halogens is 3. The standard InChI is InChI=1S/C17H32F3NO6S2/c1-8-15(5,6)16(7,12-14(2,3)4)13(22)27-10-9-11-28(23,24)21-29(25,26)17(18,19)20/h21H,8-12H2,1-7H3. The lowest BCUT2D eigenvalue weighted by Crippen LogP contribution is -2.45. The lowest BCUT2D eigenvalue weighted by atomic mass is 9.59. The molecule has 12 heteroatoms. The topological polar surface area (TPSA) is 107 Å². The largest absolute Gasteiger partial charge is 0.512 e. The van der Waals surface area contributed by atoms with Crippen molar-refractivity contribution in [1.82, 2.24) is 4.13 Å². The quantitative estimate of drug-likeness (QED) is 0.389. The van der Waals surface area contributed by atoms with Crippen molar-refractivity contribution in [2.45, 2.75) is 73.2 Å². The van der Waals surface area contributed by atoms with Gasteiger partial charge in [-0.1, -0.05) is 41.5 Å². The van der Waals surface area contributed by atoms with Crippen LogP contribution in [0.4, 0.5) is 13.2 Å². The first-order valence-electron chi connectivity index (χ1n) is 9.10. The number of sulfonamides is 2. The second-order valence-corrected chi connectivity index (χ2v) is 12.9. The van der Waals surface area contributed by atoms with E-state index in [0.717, 1.165) is 0 Å². The lowest BCUT2D eigenvalue weighted by Gasteiger charge is -2.45. The molecule has 1 unspecified atom stereocenters. The van der Waals surface area contributed by atoms with Gasteiger partial charge >= 0.3 is 21.5 Å². The summed E-state index contributed by atoms with van der Waals surface area (Å²) in [5.41, 5.74) is -7.24. The van der Waals surface area contributed by atoms with Crippen LogP contribution >= 0.6 is 0 Å². The zero-order valence-electron chi connectivity index (χ0n) is 17.9. The van der Waals surface area contributed by atoms with Crippen LogP contribution in [0.25, 0.3) is 0 Å². The van der Waals surface area contributed by atoms with E-state index in [2.05, 4.69) is 0 Å². The van der Waals surface area contributed by atoms with Crippen molar-refractivity contribution < 1.29 is 39.5 Å². The van der Waals surface area contributed by atoms with E-state index in [1.807, 2.05) is 41.5 Å². The summed E-state index contributed by atoms with van der Waals surface area (Å²) in [5, 5.41) is 0. The van der Waals surface area contributed by atoms with Gasteiger partial charge in [-0.05, 0) is 37.0 Å². The molecule has 29 heavy (non-hydrogen) atoms. The SMILES string of the molecule is CCC(C)(C)C(C)(CC(C)(C)C)C(=O)OCCCS(=O)(=O)NS(=O)(=O)C(F)(F)F. The summed E-state index contributed by atoms with van der Waals surface area (Å²) in [5.74, 6) is -1.48. The van der Waals surface area contributed by atoms with E-state index < -0.39 is 48.1 Å². The maximum absolute atomic E-state index is 12.8. The smallest absolute Gasteiger partial charge is 0.465 e. The van der Waals surface area contributed by atoms with Crippen molar-refractivity contribution in [3.63, 3.8) is 0 Å². The Morgan fingerprint density at radius 3 is 1.83 bits per heavy atom. The second-order valence-electron chi connectivity index (χ2n) is 9.15. The van der Waals surface area contributed by atoms with Gasteiger partial charge in [0.05, 0.1) is 17.8 Å². The maximum Gasteiger partial charge on any atom is 0.512 e. The van der Waals surface area contributed by atoms with E-state index in [0.29, 0.717) is 17.0 Å². The molecule has 0 aliphatic carbocycles. The summed E-state index contributed by atoms with van der Waals surface area (Å²) < 4.78 is 87.7. The van der Waals surface area contributed by atoms with Gasteiger partial charge in [0.25, 0.3) is 0 Å². The number of rotatable bonds is 10. The van der Waals surface area contributed by atoms with Gasteiger partial charge in [-0.2, -0.15) is 13.2 Å². The van der Waals surface area contributed by atoms with Crippen molar-refractivity contribution >= 4 is 26.0 Å². The Labute approximate surface area is 171 Å². The fraction of sp³-hybridized carbons (Fsp3) is 0.941. The molecule has 0 aliphatic heterocycles. The molecule has 0 spiro atoms. The molecular formula is C17H32F3NO6S2. The number of nitrogens with one attached hydrogen (secondary N) is 1. The predicted octanol–water partition coefficient (Wildman–Crippen LogP) is 3.57.